The van der Waals surface area contributed by atoms with E-state index in [1.807, 2.05) is 0 Å². The molecule has 1 aliphatic rings. The van der Waals surface area contributed by atoms with Gasteiger partial charge in [-0.05, 0) is 38.2 Å². The van der Waals surface area contributed by atoms with Crippen molar-refractivity contribution in [2.45, 2.75) is 38.6 Å². The molecule has 20 heavy (non-hydrogen) atoms. The highest BCUT2D eigenvalue weighted by atomic mass is 16.6. The number of aromatic nitrogens is 1. The molecule has 0 aromatic carbocycles. The molecule has 7 heteroatoms. The fraction of sp³-hybridized carbons (Fsp3) is 0.538. The minimum Gasteiger partial charge on any atom is -0.481 e. The Morgan fingerprint density at radius 3 is 2.60 bits per heavy atom. The molecule has 1 aliphatic carbocycles. The predicted molar refractivity (Wildman–Crippen MR) is 72.6 cm³/mol. The van der Waals surface area contributed by atoms with E-state index in [0.717, 1.165) is 18.4 Å². The highest BCUT2D eigenvalue weighted by Gasteiger charge is 2.26. The molecule has 1 fully saturated rings. The second-order valence-electron chi connectivity index (χ2n) is 5.15. The lowest BCUT2D eigenvalue weighted by Gasteiger charge is -2.27. The molecule has 1 heterocycles. The number of rotatable bonds is 4. The third kappa shape index (κ3) is 3.23. The zero-order chi connectivity index (χ0) is 14.7. The van der Waals surface area contributed by atoms with Crippen molar-refractivity contribution in [3.8, 4) is 0 Å². The molecule has 0 atom stereocenters. The summed E-state index contributed by atoms with van der Waals surface area (Å²) in [5, 5.41) is 22.8. The number of hydrogen-bond acceptors (Lipinski definition) is 5. The number of anilines is 1. The molecule has 0 bridgehead atoms. The molecule has 1 aromatic rings. The SMILES string of the molecule is Cc1cc([N+](=O)[O-])cnc1NC1CCC(C(=O)O)CC1. The van der Waals surface area contributed by atoms with Crippen molar-refractivity contribution in [1.29, 1.82) is 0 Å². The molecule has 2 rings (SSSR count). The number of carboxylic acid groups (broad SMARTS) is 1. The maximum absolute atomic E-state index is 10.9. The van der Waals surface area contributed by atoms with Crippen LogP contribution in [-0.4, -0.2) is 27.0 Å². The molecule has 0 saturated heterocycles. The van der Waals surface area contributed by atoms with E-state index in [1.54, 1.807) is 6.92 Å². The van der Waals surface area contributed by atoms with Crippen molar-refractivity contribution < 1.29 is 14.8 Å². The van der Waals surface area contributed by atoms with E-state index in [0.29, 0.717) is 18.7 Å². The fourth-order valence-corrected chi connectivity index (χ4v) is 2.49. The Hall–Kier alpha value is -2.18. The maximum Gasteiger partial charge on any atom is 0.306 e. The van der Waals surface area contributed by atoms with Crippen LogP contribution in [-0.2, 0) is 4.79 Å². The molecule has 1 saturated carbocycles. The molecule has 1 aromatic heterocycles. The Bertz CT molecular complexity index is 524. The summed E-state index contributed by atoms with van der Waals surface area (Å²) in [6.07, 6.45) is 4.08. The van der Waals surface area contributed by atoms with Crippen molar-refractivity contribution in [1.82, 2.24) is 4.98 Å². The smallest absolute Gasteiger partial charge is 0.306 e. The van der Waals surface area contributed by atoms with Gasteiger partial charge in [0.05, 0.1) is 10.8 Å². The van der Waals surface area contributed by atoms with E-state index < -0.39 is 10.9 Å². The van der Waals surface area contributed by atoms with E-state index in [-0.39, 0.29) is 17.6 Å². The summed E-state index contributed by atoms with van der Waals surface area (Å²) in [7, 11) is 0. The first-order valence-corrected chi connectivity index (χ1v) is 6.57. The number of carboxylic acids is 1. The fourth-order valence-electron chi connectivity index (χ4n) is 2.49. The number of aliphatic carboxylic acids is 1. The Labute approximate surface area is 116 Å². The van der Waals surface area contributed by atoms with Crippen LogP contribution in [0.4, 0.5) is 11.5 Å². The third-order valence-electron chi connectivity index (χ3n) is 3.69. The van der Waals surface area contributed by atoms with Crippen molar-refractivity contribution in [2.75, 3.05) is 5.32 Å². The average molecular weight is 279 g/mol. The molecule has 0 unspecified atom stereocenters. The van der Waals surface area contributed by atoms with Crippen LogP contribution in [0.5, 0.6) is 0 Å². The highest BCUT2D eigenvalue weighted by molar-refractivity contribution is 5.70. The quantitative estimate of drug-likeness (QED) is 0.647. The van der Waals surface area contributed by atoms with E-state index in [2.05, 4.69) is 10.3 Å². The van der Waals surface area contributed by atoms with E-state index in [1.165, 1.54) is 12.3 Å². The van der Waals surface area contributed by atoms with Crippen molar-refractivity contribution >= 4 is 17.5 Å². The standard InChI is InChI=1S/C13H17N3O4/c1-8-6-11(16(19)20)7-14-12(8)15-10-4-2-9(3-5-10)13(17)18/h6-7,9-10H,2-5H2,1H3,(H,14,15)(H,17,18). The van der Waals surface area contributed by atoms with Crippen LogP contribution >= 0.6 is 0 Å². The first kappa shape index (κ1) is 14.2. The lowest BCUT2D eigenvalue weighted by molar-refractivity contribution is -0.385. The van der Waals surface area contributed by atoms with E-state index in [9.17, 15) is 14.9 Å². The maximum atomic E-state index is 10.9. The monoisotopic (exact) mass is 279 g/mol. The van der Waals surface area contributed by atoms with Gasteiger partial charge in [-0.1, -0.05) is 0 Å². The highest BCUT2D eigenvalue weighted by Crippen LogP contribution is 2.27. The first-order chi connectivity index (χ1) is 9.47. The van der Waals surface area contributed by atoms with Gasteiger partial charge in [-0.3, -0.25) is 14.9 Å². The van der Waals surface area contributed by atoms with Crippen LogP contribution in [0, 0.1) is 23.0 Å². The largest absolute Gasteiger partial charge is 0.481 e. The second-order valence-corrected chi connectivity index (χ2v) is 5.15. The van der Waals surface area contributed by atoms with Gasteiger partial charge in [0, 0.05) is 12.1 Å². The minimum absolute atomic E-state index is 0.0253. The molecule has 0 aliphatic heterocycles. The zero-order valence-electron chi connectivity index (χ0n) is 11.2. The zero-order valence-corrected chi connectivity index (χ0v) is 11.2. The first-order valence-electron chi connectivity index (χ1n) is 6.57. The molecule has 2 N–H and O–H groups in total. The number of hydrogen-bond donors (Lipinski definition) is 2. The number of aryl methyl sites for hydroxylation is 1. The van der Waals surface area contributed by atoms with Gasteiger partial charge in [0.25, 0.3) is 5.69 Å². The predicted octanol–water partition coefficient (Wildman–Crippen LogP) is 2.35. The molecule has 108 valence electrons. The topological polar surface area (TPSA) is 105 Å². The van der Waals surface area contributed by atoms with Crippen LogP contribution in [0.25, 0.3) is 0 Å². The second kappa shape index (κ2) is 5.85. The van der Waals surface area contributed by atoms with Gasteiger partial charge in [0.2, 0.25) is 0 Å². The minimum atomic E-state index is -0.729. The molecule has 0 amide bonds. The lowest BCUT2D eigenvalue weighted by Crippen LogP contribution is -2.29. The number of pyridine rings is 1. The molecule has 0 spiro atoms. The number of carbonyl (C=O) groups is 1. The summed E-state index contributed by atoms with van der Waals surface area (Å²) in [6.45, 7) is 1.77. The van der Waals surface area contributed by atoms with Crippen LogP contribution in [0.3, 0.4) is 0 Å². The number of nitrogens with zero attached hydrogens (tertiary/aromatic N) is 2. The van der Waals surface area contributed by atoms with Crippen LogP contribution in [0.15, 0.2) is 12.3 Å². The number of nitro groups is 1. The van der Waals surface area contributed by atoms with Crippen LogP contribution < -0.4 is 5.32 Å². The summed E-state index contributed by atoms with van der Waals surface area (Å²) in [5.74, 6) is -0.346. The van der Waals surface area contributed by atoms with Gasteiger partial charge in [-0.15, -0.1) is 0 Å². The van der Waals surface area contributed by atoms with E-state index in [4.69, 9.17) is 5.11 Å². The van der Waals surface area contributed by atoms with Gasteiger partial charge < -0.3 is 10.4 Å². The van der Waals surface area contributed by atoms with Crippen molar-refractivity contribution in [3.63, 3.8) is 0 Å². The summed E-state index contributed by atoms with van der Waals surface area (Å²) in [6, 6.07) is 1.66. The van der Waals surface area contributed by atoms with Crippen LogP contribution in [0.1, 0.15) is 31.2 Å². The molecule has 7 nitrogen and oxygen atoms in total. The summed E-state index contributed by atoms with van der Waals surface area (Å²) in [5.41, 5.74) is 0.696. The van der Waals surface area contributed by atoms with Gasteiger partial charge >= 0.3 is 5.97 Å². The molecular weight excluding hydrogens is 262 g/mol. The number of nitrogens with one attached hydrogen (secondary N) is 1. The van der Waals surface area contributed by atoms with Gasteiger partial charge in [0.15, 0.2) is 0 Å². The summed E-state index contributed by atoms with van der Waals surface area (Å²) < 4.78 is 0. The van der Waals surface area contributed by atoms with Crippen molar-refractivity contribution in [2.24, 2.45) is 5.92 Å². The normalized spacial score (nSPS) is 22.2. The Morgan fingerprint density at radius 2 is 2.10 bits per heavy atom. The van der Waals surface area contributed by atoms with E-state index >= 15 is 0 Å². The van der Waals surface area contributed by atoms with Crippen molar-refractivity contribution in [3.05, 3.63) is 27.9 Å². The van der Waals surface area contributed by atoms with Crippen LogP contribution in [0.2, 0.25) is 0 Å². The Morgan fingerprint density at radius 1 is 1.45 bits per heavy atom. The lowest BCUT2D eigenvalue weighted by atomic mass is 9.86. The third-order valence-corrected chi connectivity index (χ3v) is 3.69. The Kier molecular flexibility index (Phi) is 4.16. The van der Waals surface area contributed by atoms with Gasteiger partial charge in [-0.2, -0.15) is 0 Å². The average Bonchev–Trinajstić information content (AvgIpc) is 2.41. The summed E-state index contributed by atoms with van der Waals surface area (Å²) >= 11 is 0. The van der Waals surface area contributed by atoms with Gasteiger partial charge in [-0.25, -0.2) is 4.98 Å². The molecule has 0 radical (unpaired) electrons. The van der Waals surface area contributed by atoms with Gasteiger partial charge in [0.1, 0.15) is 12.0 Å². The summed E-state index contributed by atoms with van der Waals surface area (Å²) in [4.78, 5) is 25.1. The molecular formula is C13H17N3O4. The Balaban J connectivity index is 1.98.